The number of hydrogen-bond donors (Lipinski definition) is 2. The van der Waals surface area contributed by atoms with Crippen molar-refractivity contribution in [2.45, 2.75) is 19.9 Å². The minimum atomic E-state index is -0.222. The van der Waals surface area contributed by atoms with Gasteiger partial charge in [-0.15, -0.1) is 11.3 Å². The number of phenolic OH excluding ortho intramolecular Hbond substituents is 1. The SMILES string of the molecule is CCC(=O)Nc1ccc(O)c(C(=O)N2CCN(Cc3nc4ccccc4s3)CC2)c1. The number of nitrogens with zero attached hydrogens (tertiary/aromatic N) is 3. The van der Waals surface area contributed by atoms with E-state index in [4.69, 9.17) is 0 Å². The van der Waals surface area contributed by atoms with E-state index in [0.717, 1.165) is 30.2 Å². The van der Waals surface area contributed by atoms with Crippen molar-refractivity contribution in [3.05, 3.63) is 53.0 Å². The van der Waals surface area contributed by atoms with Gasteiger partial charge in [-0.1, -0.05) is 19.1 Å². The number of nitrogens with one attached hydrogen (secondary N) is 1. The zero-order chi connectivity index (χ0) is 21.1. The number of thiazole rings is 1. The standard InChI is InChI=1S/C22H24N4O3S/c1-2-20(28)23-15-7-8-18(27)16(13-15)22(29)26-11-9-25(10-12-26)14-21-24-17-5-3-4-6-19(17)30-21/h3-8,13,27H,2,9-12,14H2,1H3,(H,23,28). The van der Waals surface area contributed by atoms with Gasteiger partial charge in [-0.2, -0.15) is 0 Å². The predicted octanol–water partition coefficient (Wildman–Crippen LogP) is 3.31. The molecule has 2 heterocycles. The molecule has 2 aromatic carbocycles. The monoisotopic (exact) mass is 424 g/mol. The highest BCUT2D eigenvalue weighted by Crippen LogP contribution is 2.25. The van der Waals surface area contributed by atoms with Crippen LogP contribution in [-0.4, -0.2) is 57.9 Å². The van der Waals surface area contributed by atoms with Crippen LogP contribution in [0.4, 0.5) is 5.69 Å². The van der Waals surface area contributed by atoms with E-state index in [2.05, 4.69) is 21.3 Å². The number of amides is 2. The Labute approximate surface area is 178 Å². The smallest absolute Gasteiger partial charge is 0.257 e. The first-order chi connectivity index (χ1) is 14.5. The highest BCUT2D eigenvalue weighted by Gasteiger charge is 2.25. The van der Waals surface area contributed by atoms with Gasteiger partial charge in [0.1, 0.15) is 10.8 Å². The second-order valence-electron chi connectivity index (χ2n) is 7.28. The largest absolute Gasteiger partial charge is 0.507 e. The van der Waals surface area contributed by atoms with Crippen molar-refractivity contribution in [2.75, 3.05) is 31.5 Å². The molecular weight excluding hydrogens is 400 g/mol. The summed E-state index contributed by atoms with van der Waals surface area (Å²) in [6.07, 6.45) is 0.348. The molecule has 3 aromatic rings. The number of aromatic nitrogens is 1. The summed E-state index contributed by atoms with van der Waals surface area (Å²) in [5.74, 6) is -0.436. The summed E-state index contributed by atoms with van der Waals surface area (Å²) in [6, 6.07) is 12.7. The van der Waals surface area contributed by atoms with Gasteiger partial charge in [-0.3, -0.25) is 14.5 Å². The lowest BCUT2D eigenvalue weighted by Gasteiger charge is -2.34. The van der Waals surface area contributed by atoms with Crippen LogP contribution < -0.4 is 5.32 Å². The lowest BCUT2D eigenvalue weighted by atomic mass is 10.1. The number of anilines is 1. The number of fused-ring (bicyclic) bond motifs is 1. The van der Waals surface area contributed by atoms with E-state index >= 15 is 0 Å². The second-order valence-corrected chi connectivity index (χ2v) is 8.39. The maximum Gasteiger partial charge on any atom is 0.257 e. The van der Waals surface area contributed by atoms with Crippen LogP contribution in [0, 0.1) is 0 Å². The van der Waals surface area contributed by atoms with Crippen molar-refractivity contribution in [1.82, 2.24) is 14.8 Å². The molecule has 4 rings (SSSR count). The number of benzene rings is 2. The Bertz CT molecular complexity index is 1040. The van der Waals surface area contributed by atoms with Crippen molar-refractivity contribution >= 4 is 39.1 Å². The first kappa shape index (κ1) is 20.3. The number of rotatable bonds is 5. The van der Waals surface area contributed by atoms with E-state index in [1.807, 2.05) is 18.2 Å². The average Bonchev–Trinajstić information content (AvgIpc) is 3.17. The normalized spacial score (nSPS) is 14.8. The van der Waals surface area contributed by atoms with Crippen LogP contribution in [0.15, 0.2) is 42.5 Å². The van der Waals surface area contributed by atoms with Crippen molar-refractivity contribution in [3.63, 3.8) is 0 Å². The van der Waals surface area contributed by atoms with Gasteiger partial charge in [0.2, 0.25) is 5.91 Å². The van der Waals surface area contributed by atoms with Crippen LogP contribution in [0.2, 0.25) is 0 Å². The van der Waals surface area contributed by atoms with E-state index in [1.54, 1.807) is 35.3 Å². The molecule has 1 aliphatic rings. The Morgan fingerprint density at radius 2 is 1.90 bits per heavy atom. The molecule has 0 saturated carbocycles. The van der Waals surface area contributed by atoms with Crippen molar-refractivity contribution in [1.29, 1.82) is 0 Å². The predicted molar refractivity (Wildman–Crippen MR) is 118 cm³/mol. The van der Waals surface area contributed by atoms with E-state index < -0.39 is 0 Å². The Kier molecular flexibility index (Phi) is 5.96. The van der Waals surface area contributed by atoms with Crippen molar-refractivity contribution < 1.29 is 14.7 Å². The van der Waals surface area contributed by atoms with E-state index in [-0.39, 0.29) is 23.1 Å². The lowest BCUT2D eigenvalue weighted by molar-refractivity contribution is -0.115. The molecule has 8 heteroatoms. The molecule has 1 aliphatic heterocycles. The van der Waals surface area contributed by atoms with Crippen molar-refractivity contribution in [2.24, 2.45) is 0 Å². The fraction of sp³-hybridized carbons (Fsp3) is 0.318. The van der Waals surface area contributed by atoms with Crippen LogP contribution >= 0.6 is 11.3 Å². The summed E-state index contributed by atoms with van der Waals surface area (Å²) in [7, 11) is 0. The molecule has 156 valence electrons. The van der Waals surface area contributed by atoms with Crippen LogP contribution in [0.1, 0.15) is 28.7 Å². The van der Waals surface area contributed by atoms with Gasteiger partial charge in [0.05, 0.1) is 22.3 Å². The van der Waals surface area contributed by atoms with Gasteiger partial charge < -0.3 is 15.3 Å². The molecule has 0 unspecified atom stereocenters. The first-order valence-electron chi connectivity index (χ1n) is 10.0. The zero-order valence-electron chi connectivity index (χ0n) is 16.8. The Morgan fingerprint density at radius 3 is 2.63 bits per heavy atom. The second kappa shape index (κ2) is 8.81. The van der Waals surface area contributed by atoms with E-state index in [0.29, 0.717) is 25.2 Å². The summed E-state index contributed by atoms with van der Waals surface area (Å²) < 4.78 is 1.19. The number of carbonyl (C=O) groups is 2. The zero-order valence-corrected chi connectivity index (χ0v) is 17.6. The highest BCUT2D eigenvalue weighted by molar-refractivity contribution is 7.18. The third-order valence-electron chi connectivity index (χ3n) is 5.19. The number of carbonyl (C=O) groups excluding carboxylic acids is 2. The van der Waals surface area contributed by atoms with Gasteiger partial charge in [0.15, 0.2) is 0 Å². The molecular formula is C22H24N4O3S. The molecule has 0 radical (unpaired) electrons. The van der Waals surface area contributed by atoms with Gasteiger partial charge in [-0.25, -0.2) is 4.98 Å². The first-order valence-corrected chi connectivity index (χ1v) is 10.8. The van der Waals surface area contributed by atoms with Crippen LogP contribution in [0.3, 0.4) is 0 Å². The third-order valence-corrected chi connectivity index (χ3v) is 6.21. The van der Waals surface area contributed by atoms with Crippen LogP contribution in [-0.2, 0) is 11.3 Å². The fourth-order valence-corrected chi connectivity index (χ4v) is 4.50. The van der Waals surface area contributed by atoms with Gasteiger partial charge in [0.25, 0.3) is 5.91 Å². The maximum atomic E-state index is 12.9. The van der Waals surface area contributed by atoms with Gasteiger partial charge >= 0.3 is 0 Å². The molecule has 0 atom stereocenters. The summed E-state index contributed by atoms with van der Waals surface area (Å²) in [5.41, 5.74) is 1.75. The molecule has 1 saturated heterocycles. The molecule has 0 spiro atoms. The molecule has 0 aliphatic carbocycles. The molecule has 1 aromatic heterocycles. The number of piperazine rings is 1. The van der Waals surface area contributed by atoms with Crippen molar-refractivity contribution in [3.8, 4) is 5.75 Å². The molecule has 0 bridgehead atoms. The number of hydrogen-bond acceptors (Lipinski definition) is 6. The average molecular weight is 425 g/mol. The number of para-hydroxylation sites is 1. The summed E-state index contributed by atoms with van der Waals surface area (Å²) in [5, 5.41) is 14.0. The fourth-order valence-electron chi connectivity index (χ4n) is 3.49. The van der Waals surface area contributed by atoms with Gasteiger partial charge in [-0.05, 0) is 30.3 Å². The van der Waals surface area contributed by atoms with E-state index in [1.165, 1.54) is 10.8 Å². The topological polar surface area (TPSA) is 85.8 Å². The number of phenols is 1. The molecule has 1 fully saturated rings. The quantitative estimate of drug-likeness (QED) is 0.614. The van der Waals surface area contributed by atoms with Crippen LogP contribution in [0.5, 0.6) is 5.75 Å². The third kappa shape index (κ3) is 4.44. The number of aromatic hydroxyl groups is 1. The summed E-state index contributed by atoms with van der Waals surface area (Å²) >= 11 is 1.70. The van der Waals surface area contributed by atoms with Gasteiger partial charge in [0, 0.05) is 38.3 Å². The molecule has 2 N–H and O–H groups in total. The minimum absolute atomic E-state index is 0.0774. The Morgan fingerprint density at radius 1 is 1.13 bits per heavy atom. The summed E-state index contributed by atoms with van der Waals surface area (Å²) in [6.45, 7) is 5.17. The van der Waals surface area contributed by atoms with Crippen LogP contribution in [0.25, 0.3) is 10.2 Å². The Balaban J connectivity index is 1.38. The minimum Gasteiger partial charge on any atom is -0.507 e. The molecule has 7 nitrogen and oxygen atoms in total. The maximum absolute atomic E-state index is 12.9. The molecule has 2 amide bonds. The summed E-state index contributed by atoms with van der Waals surface area (Å²) in [4.78, 5) is 33.3. The van der Waals surface area contributed by atoms with E-state index in [9.17, 15) is 14.7 Å². The lowest BCUT2D eigenvalue weighted by Crippen LogP contribution is -2.48. The Hall–Kier alpha value is -2.97. The molecule has 30 heavy (non-hydrogen) atoms. The highest BCUT2D eigenvalue weighted by atomic mass is 32.1.